The summed E-state index contributed by atoms with van der Waals surface area (Å²) in [7, 11) is 0. The van der Waals surface area contributed by atoms with Crippen molar-refractivity contribution in [1.82, 2.24) is 0 Å². The fourth-order valence-corrected chi connectivity index (χ4v) is 1.13. The van der Waals surface area contributed by atoms with Gasteiger partial charge in [-0.15, -0.1) is 0 Å². The van der Waals surface area contributed by atoms with E-state index in [2.05, 4.69) is 0 Å². The Kier molecular flexibility index (Phi) is 2.78. The van der Waals surface area contributed by atoms with Crippen LogP contribution in [-0.4, -0.2) is 12.3 Å². The third-order valence-electron chi connectivity index (χ3n) is 1.43. The monoisotopic (exact) mass is 187 g/mol. The summed E-state index contributed by atoms with van der Waals surface area (Å²) in [6.45, 7) is -0.235. The predicted octanol–water partition coefficient (Wildman–Crippen LogP) is 1.62. The van der Waals surface area contributed by atoms with E-state index in [1.165, 1.54) is 18.2 Å². The maximum Gasteiger partial charge on any atom is 0.180 e. The van der Waals surface area contributed by atoms with Crippen LogP contribution in [0.5, 0.6) is 0 Å². The van der Waals surface area contributed by atoms with Crippen molar-refractivity contribution < 1.29 is 9.18 Å². The molecular formula is C8H7ClFNO. The smallest absolute Gasteiger partial charge is 0.180 e. The van der Waals surface area contributed by atoms with Crippen molar-refractivity contribution in [3.63, 3.8) is 0 Å². The number of Topliss-reactive ketones (excluding diaryl/α,β-unsaturated/α-hetero) is 1. The van der Waals surface area contributed by atoms with Crippen molar-refractivity contribution in [1.29, 1.82) is 0 Å². The average molecular weight is 188 g/mol. The molecule has 0 radical (unpaired) electrons. The maximum atomic E-state index is 12.9. The molecule has 0 unspecified atom stereocenters. The normalized spacial score (nSPS) is 9.92. The highest BCUT2D eigenvalue weighted by atomic mass is 35.5. The first-order valence-corrected chi connectivity index (χ1v) is 3.72. The zero-order valence-corrected chi connectivity index (χ0v) is 6.94. The van der Waals surface area contributed by atoms with E-state index < -0.39 is 11.6 Å². The molecule has 1 aromatic carbocycles. The van der Waals surface area contributed by atoms with Gasteiger partial charge in [-0.2, -0.15) is 0 Å². The van der Waals surface area contributed by atoms with Crippen LogP contribution in [0.2, 0.25) is 5.02 Å². The van der Waals surface area contributed by atoms with E-state index in [1.54, 1.807) is 0 Å². The van der Waals surface area contributed by atoms with Crippen molar-refractivity contribution in [2.75, 3.05) is 6.54 Å². The summed E-state index contributed by atoms with van der Waals surface area (Å²) in [5.41, 5.74) is 4.94. The van der Waals surface area contributed by atoms with E-state index in [-0.39, 0.29) is 17.1 Å². The molecule has 0 saturated carbocycles. The average Bonchev–Trinajstić information content (AvgIpc) is 2.03. The second-order valence-corrected chi connectivity index (χ2v) is 2.63. The molecular weight excluding hydrogens is 181 g/mol. The van der Waals surface area contributed by atoms with Crippen LogP contribution in [0.25, 0.3) is 0 Å². The first-order valence-electron chi connectivity index (χ1n) is 3.34. The summed E-state index contributed by atoms with van der Waals surface area (Å²) < 4.78 is 12.9. The molecule has 0 heterocycles. The highest BCUT2D eigenvalue weighted by Crippen LogP contribution is 2.18. The van der Waals surface area contributed by atoms with Crippen LogP contribution in [0.15, 0.2) is 18.2 Å². The number of carbonyl (C=O) groups excluding carboxylic acids is 1. The highest BCUT2D eigenvalue weighted by Gasteiger charge is 2.13. The van der Waals surface area contributed by atoms with E-state index in [0.717, 1.165) is 0 Å². The fourth-order valence-electron chi connectivity index (χ4n) is 0.866. The van der Waals surface area contributed by atoms with E-state index >= 15 is 0 Å². The number of hydrogen-bond acceptors (Lipinski definition) is 2. The van der Waals surface area contributed by atoms with Crippen LogP contribution in [0.1, 0.15) is 10.4 Å². The zero-order valence-electron chi connectivity index (χ0n) is 6.18. The van der Waals surface area contributed by atoms with Crippen LogP contribution in [0.4, 0.5) is 4.39 Å². The molecule has 0 amide bonds. The standard InChI is InChI=1S/C8H7ClFNO/c9-5-2-1-3-6(10)8(5)7(12)4-11/h1-3H,4,11H2. The lowest BCUT2D eigenvalue weighted by atomic mass is 10.1. The molecule has 0 aliphatic carbocycles. The highest BCUT2D eigenvalue weighted by molar-refractivity contribution is 6.34. The van der Waals surface area contributed by atoms with Crippen LogP contribution < -0.4 is 5.73 Å². The van der Waals surface area contributed by atoms with Gasteiger partial charge in [-0.05, 0) is 12.1 Å². The van der Waals surface area contributed by atoms with Crippen molar-refractivity contribution >= 4 is 17.4 Å². The molecule has 0 bridgehead atoms. The van der Waals surface area contributed by atoms with Crippen molar-refractivity contribution in [3.05, 3.63) is 34.6 Å². The summed E-state index contributed by atoms with van der Waals surface area (Å²) >= 11 is 5.59. The number of rotatable bonds is 2. The Labute approximate surface area is 74.1 Å². The third-order valence-corrected chi connectivity index (χ3v) is 1.74. The summed E-state index contributed by atoms with van der Waals surface area (Å²) in [5.74, 6) is -1.11. The molecule has 0 saturated heterocycles. The topological polar surface area (TPSA) is 43.1 Å². The second kappa shape index (κ2) is 3.65. The Bertz CT molecular complexity index is 294. The summed E-state index contributed by atoms with van der Waals surface area (Å²) in [5, 5.41) is 0.102. The van der Waals surface area contributed by atoms with Gasteiger partial charge in [0.25, 0.3) is 0 Å². The summed E-state index contributed by atoms with van der Waals surface area (Å²) in [6.07, 6.45) is 0. The van der Waals surface area contributed by atoms with Gasteiger partial charge in [0.05, 0.1) is 17.1 Å². The molecule has 64 valence electrons. The molecule has 0 spiro atoms. The van der Waals surface area contributed by atoms with E-state index in [1.807, 2.05) is 0 Å². The number of halogens is 2. The Morgan fingerprint density at radius 1 is 1.58 bits per heavy atom. The largest absolute Gasteiger partial charge is 0.324 e. The Morgan fingerprint density at radius 2 is 2.25 bits per heavy atom. The lowest BCUT2D eigenvalue weighted by molar-refractivity contribution is 0.0997. The van der Waals surface area contributed by atoms with Crippen molar-refractivity contribution in [3.8, 4) is 0 Å². The predicted molar refractivity (Wildman–Crippen MR) is 44.8 cm³/mol. The lowest BCUT2D eigenvalue weighted by Crippen LogP contribution is -2.15. The number of hydrogen-bond donors (Lipinski definition) is 1. The van der Waals surface area contributed by atoms with Gasteiger partial charge >= 0.3 is 0 Å². The quantitative estimate of drug-likeness (QED) is 0.715. The lowest BCUT2D eigenvalue weighted by Gasteiger charge is -2.01. The molecule has 0 aliphatic rings. The number of carbonyl (C=O) groups is 1. The molecule has 0 atom stereocenters. The van der Waals surface area contributed by atoms with Gasteiger partial charge in [0, 0.05) is 0 Å². The molecule has 1 aromatic rings. The minimum Gasteiger partial charge on any atom is -0.324 e. The first kappa shape index (κ1) is 9.16. The molecule has 0 aromatic heterocycles. The molecule has 4 heteroatoms. The SMILES string of the molecule is NCC(=O)c1c(F)cccc1Cl. The molecule has 0 aliphatic heterocycles. The van der Waals surface area contributed by atoms with Gasteiger partial charge in [-0.1, -0.05) is 17.7 Å². The Balaban J connectivity index is 3.21. The molecule has 1 rings (SSSR count). The van der Waals surface area contributed by atoms with Crippen molar-refractivity contribution in [2.24, 2.45) is 5.73 Å². The van der Waals surface area contributed by atoms with E-state index in [9.17, 15) is 9.18 Å². The van der Waals surface area contributed by atoms with Crippen LogP contribution >= 0.6 is 11.6 Å². The van der Waals surface area contributed by atoms with Gasteiger partial charge in [0.2, 0.25) is 0 Å². The maximum absolute atomic E-state index is 12.9. The van der Waals surface area contributed by atoms with Gasteiger partial charge in [0.15, 0.2) is 5.78 Å². The Morgan fingerprint density at radius 3 is 2.75 bits per heavy atom. The van der Waals surface area contributed by atoms with Gasteiger partial charge in [-0.3, -0.25) is 4.79 Å². The van der Waals surface area contributed by atoms with E-state index in [0.29, 0.717) is 0 Å². The van der Waals surface area contributed by atoms with Crippen LogP contribution in [-0.2, 0) is 0 Å². The van der Waals surface area contributed by atoms with Crippen molar-refractivity contribution in [2.45, 2.75) is 0 Å². The minimum atomic E-state index is -0.627. The molecule has 12 heavy (non-hydrogen) atoms. The van der Waals surface area contributed by atoms with Gasteiger partial charge in [-0.25, -0.2) is 4.39 Å². The third kappa shape index (κ3) is 1.62. The number of ketones is 1. The first-order chi connectivity index (χ1) is 5.66. The number of nitrogens with two attached hydrogens (primary N) is 1. The second-order valence-electron chi connectivity index (χ2n) is 2.22. The fraction of sp³-hybridized carbons (Fsp3) is 0.125. The van der Waals surface area contributed by atoms with E-state index in [4.69, 9.17) is 17.3 Å². The number of benzene rings is 1. The van der Waals surface area contributed by atoms with Crippen LogP contribution in [0.3, 0.4) is 0 Å². The molecule has 2 N–H and O–H groups in total. The van der Waals surface area contributed by atoms with Gasteiger partial charge < -0.3 is 5.73 Å². The van der Waals surface area contributed by atoms with Crippen LogP contribution in [0, 0.1) is 5.82 Å². The summed E-state index contributed by atoms with van der Waals surface area (Å²) in [4.78, 5) is 11.0. The molecule has 2 nitrogen and oxygen atoms in total. The zero-order chi connectivity index (χ0) is 9.14. The summed E-state index contributed by atoms with van der Waals surface area (Å²) in [6, 6.07) is 4.06. The minimum absolute atomic E-state index is 0.102. The molecule has 0 fully saturated rings. The Hall–Kier alpha value is -0.930. The van der Waals surface area contributed by atoms with Gasteiger partial charge in [0.1, 0.15) is 5.82 Å².